The van der Waals surface area contributed by atoms with Gasteiger partial charge in [-0.25, -0.2) is 0 Å². The molecule has 0 aliphatic carbocycles. The van der Waals surface area contributed by atoms with Crippen molar-refractivity contribution < 1.29 is 19.5 Å². The van der Waals surface area contributed by atoms with Gasteiger partial charge in [0.05, 0.1) is 11.0 Å². The van der Waals surface area contributed by atoms with E-state index >= 15 is 0 Å². The van der Waals surface area contributed by atoms with E-state index in [-0.39, 0.29) is 12.1 Å². The molecule has 0 fully saturated rings. The smallest absolute Gasteiger partial charge is 0.304 e. The Morgan fingerprint density at radius 3 is 2.56 bits per heavy atom. The van der Waals surface area contributed by atoms with E-state index in [0.717, 1.165) is 12.1 Å². The third-order valence-corrected chi connectivity index (χ3v) is 2.12. The lowest BCUT2D eigenvalue weighted by Gasteiger charge is -2.16. The molecule has 16 heavy (non-hydrogen) atoms. The largest absolute Gasteiger partial charge is 0.389 e. The summed E-state index contributed by atoms with van der Waals surface area (Å²) in [7, 11) is 0. The van der Waals surface area contributed by atoms with Crippen LogP contribution in [0.5, 0.6) is 0 Å². The highest BCUT2D eigenvalue weighted by molar-refractivity contribution is 5.36. The summed E-state index contributed by atoms with van der Waals surface area (Å²) in [6.07, 6.45) is -2.60. The first-order chi connectivity index (χ1) is 7.47. The van der Waals surface area contributed by atoms with Gasteiger partial charge in [0.2, 0.25) is 5.82 Å². The molecule has 2 atom stereocenters. The number of benzene rings is 1. The SMILES string of the molecule is NCC(O)C(O)c1ccc([N+](=O)[O-])c(F)c1. The van der Waals surface area contributed by atoms with Crippen molar-refractivity contribution in [3.05, 3.63) is 39.7 Å². The van der Waals surface area contributed by atoms with Crippen molar-refractivity contribution in [1.82, 2.24) is 0 Å². The molecule has 1 aromatic carbocycles. The minimum absolute atomic E-state index is 0.0426. The number of rotatable bonds is 4. The molecule has 4 N–H and O–H groups in total. The topological polar surface area (TPSA) is 110 Å². The van der Waals surface area contributed by atoms with E-state index in [1.165, 1.54) is 6.07 Å². The number of nitro benzene ring substituents is 1. The maximum absolute atomic E-state index is 13.2. The summed E-state index contributed by atoms with van der Waals surface area (Å²) < 4.78 is 13.2. The van der Waals surface area contributed by atoms with Gasteiger partial charge in [0.1, 0.15) is 6.10 Å². The first-order valence-corrected chi connectivity index (χ1v) is 4.47. The van der Waals surface area contributed by atoms with Gasteiger partial charge >= 0.3 is 5.69 Å². The number of halogens is 1. The summed E-state index contributed by atoms with van der Waals surface area (Å²) in [5.74, 6) is -1.06. The van der Waals surface area contributed by atoms with E-state index in [1.807, 2.05) is 0 Å². The van der Waals surface area contributed by atoms with E-state index in [4.69, 9.17) is 5.73 Å². The molecule has 2 unspecified atom stereocenters. The van der Waals surface area contributed by atoms with Gasteiger partial charge in [0, 0.05) is 12.6 Å². The number of aliphatic hydroxyl groups is 2. The molecule has 0 saturated carbocycles. The zero-order valence-corrected chi connectivity index (χ0v) is 8.21. The van der Waals surface area contributed by atoms with Crippen molar-refractivity contribution in [1.29, 1.82) is 0 Å². The molecular weight excluding hydrogens is 219 g/mol. The van der Waals surface area contributed by atoms with Crippen molar-refractivity contribution >= 4 is 5.69 Å². The molecule has 6 nitrogen and oxygen atoms in total. The predicted molar refractivity (Wildman–Crippen MR) is 53.1 cm³/mol. The third-order valence-electron chi connectivity index (χ3n) is 2.12. The third kappa shape index (κ3) is 2.51. The van der Waals surface area contributed by atoms with Crippen molar-refractivity contribution in [2.24, 2.45) is 5.73 Å². The van der Waals surface area contributed by atoms with Crippen LogP contribution < -0.4 is 5.73 Å². The summed E-state index contributed by atoms with van der Waals surface area (Å²) in [6, 6.07) is 2.91. The minimum atomic E-state index is -1.36. The standard InChI is InChI=1S/C9H11FN2O4/c10-6-3-5(9(14)8(13)4-11)1-2-7(6)12(15)16/h1-3,8-9,13-14H,4,11H2. The molecule has 7 heteroatoms. The number of hydrogen-bond donors (Lipinski definition) is 3. The lowest BCUT2D eigenvalue weighted by Crippen LogP contribution is -2.27. The lowest BCUT2D eigenvalue weighted by atomic mass is 10.0. The maximum atomic E-state index is 13.2. The Morgan fingerprint density at radius 1 is 1.50 bits per heavy atom. The molecule has 0 aliphatic heterocycles. The number of nitro groups is 1. The van der Waals surface area contributed by atoms with Crippen molar-refractivity contribution in [3.63, 3.8) is 0 Å². The second-order valence-corrected chi connectivity index (χ2v) is 3.22. The van der Waals surface area contributed by atoms with Gasteiger partial charge in [-0.05, 0) is 17.7 Å². The molecule has 0 heterocycles. The molecule has 1 aromatic rings. The number of nitrogens with zero attached hydrogens (tertiary/aromatic N) is 1. The summed E-state index contributed by atoms with van der Waals surface area (Å²) in [4.78, 5) is 9.46. The minimum Gasteiger partial charge on any atom is -0.389 e. The van der Waals surface area contributed by atoms with Gasteiger partial charge < -0.3 is 15.9 Å². The molecule has 0 aliphatic rings. The second kappa shape index (κ2) is 4.97. The second-order valence-electron chi connectivity index (χ2n) is 3.22. The summed E-state index contributed by atoms with van der Waals surface area (Å²) in [6.45, 7) is -0.195. The lowest BCUT2D eigenvalue weighted by molar-refractivity contribution is -0.387. The highest BCUT2D eigenvalue weighted by Gasteiger charge is 2.21. The number of hydrogen-bond acceptors (Lipinski definition) is 5. The van der Waals surface area contributed by atoms with Gasteiger partial charge in [0.15, 0.2) is 0 Å². The Hall–Kier alpha value is -1.57. The van der Waals surface area contributed by atoms with E-state index in [9.17, 15) is 24.7 Å². The highest BCUT2D eigenvalue weighted by Crippen LogP contribution is 2.23. The van der Waals surface area contributed by atoms with Crippen LogP contribution in [-0.4, -0.2) is 27.8 Å². The molecular formula is C9H11FN2O4. The van der Waals surface area contributed by atoms with Crippen LogP contribution in [0, 0.1) is 15.9 Å². The molecule has 0 aromatic heterocycles. The van der Waals surface area contributed by atoms with Crippen LogP contribution in [0.4, 0.5) is 10.1 Å². The molecule has 0 radical (unpaired) electrons. The highest BCUT2D eigenvalue weighted by atomic mass is 19.1. The summed E-state index contributed by atoms with van der Waals surface area (Å²) in [5, 5.41) is 29.0. The normalized spacial score (nSPS) is 14.5. The maximum Gasteiger partial charge on any atom is 0.304 e. The van der Waals surface area contributed by atoms with Crippen LogP contribution >= 0.6 is 0 Å². The predicted octanol–water partition coefficient (Wildman–Crippen LogP) is 0.0869. The van der Waals surface area contributed by atoms with Gasteiger partial charge in [-0.1, -0.05) is 0 Å². The zero-order valence-electron chi connectivity index (χ0n) is 8.21. The Labute approximate surface area is 90.3 Å². The average molecular weight is 230 g/mol. The monoisotopic (exact) mass is 230 g/mol. The Morgan fingerprint density at radius 2 is 2.12 bits per heavy atom. The molecule has 0 spiro atoms. The first-order valence-electron chi connectivity index (χ1n) is 4.47. The molecule has 0 amide bonds. The van der Waals surface area contributed by atoms with Crippen LogP contribution in [0.3, 0.4) is 0 Å². The van der Waals surface area contributed by atoms with Gasteiger partial charge in [-0.2, -0.15) is 4.39 Å². The van der Waals surface area contributed by atoms with E-state index in [2.05, 4.69) is 0 Å². The van der Waals surface area contributed by atoms with Crippen LogP contribution in [0.1, 0.15) is 11.7 Å². The average Bonchev–Trinajstić information content (AvgIpc) is 2.26. The summed E-state index contributed by atoms with van der Waals surface area (Å²) in [5.41, 5.74) is 4.47. The molecule has 88 valence electrons. The van der Waals surface area contributed by atoms with Crippen LogP contribution in [0.15, 0.2) is 18.2 Å². The van der Waals surface area contributed by atoms with Gasteiger partial charge in [-0.15, -0.1) is 0 Å². The fourth-order valence-corrected chi connectivity index (χ4v) is 1.21. The molecule has 0 bridgehead atoms. The van der Waals surface area contributed by atoms with Crippen LogP contribution in [-0.2, 0) is 0 Å². The van der Waals surface area contributed by atoms with E-state index in [1.54, 1.807) is 0 Å². The van der Waals surface area contributed by atoms with Gasteiger partial charge in [0.25, 0.3) is 0 Å². The van der Waals surface area contributed by atoms with E-state index < -0.39 is 28.6 Å². The first kappa shape index (κ1) is 12.5. The van der Waals surface area contributed by atoms with Gasteiger partial charge in [-0.3, -0.25) is 10.1 Å². The number of aliphatic hydroxyl groups excluding tert-OH is 2. The quantitative estimate of drug-likeness (QED) is 0.501. The fraction of sp³-hybridized carbons (Fsp3) is 0.333. The molecule has 1 rings (SSSR count). The summed E-state index contributed by atoms with van der Waals surface area (Å²) >= 11 is 0. The van der Waals surface area contributed by atoms with Crippen LogP contribution in [0.25, 0.3) is 0 Å². The van der Waals surface area contributed by atoms with E-state index in [0.29, 0.717) is 0 Å². The number of nitrogens with two attached hydrogens (primary N) is 1. The Bertz CT molecular complexity index is 399. The fourth-order valence-electron chi connectivity index (χ4n) is 1.21. The van der Waals surface area contributed by atoms with Crippen molar-refractivity contribution in [3.8, 4) is 0 Å². The van der Waals surface area contributed by atoms with Crippen molar-refractivity contribution in [2.75, 3.05) is 6.54 Å². The molecule has 0 saturated heterocycles. The van der Waals surface area contributed by atoms with Crippen molar-refractivity contribution in [2.45, 2.75) is 12.2 Å². The van der Waals surface area contributed by atoms with Crippen LogP contribution in [0.2, 0.25) is 0 Å². The zero-order chi connectivity index (χ0) is 12.3. The Balaban J connectivity index is 3.01. The Kier molecular flexibility index (Phi) is 3.88.